The predicted octanol–water partition coefficient (Wildman–Crippen LogP) is 1.05. The van der Waals surface area contributed by atoms with Crippen molar-refractivity contribution >= 4 is 15.7 Å². The van der Waals surface area contributed by atoms with Crippen LogP contribution in [0.15, 0.2) is 46.5 Å². The van der Waals surface area contributed by atoms with Crippen LogP contribution >= 0.6 is 0 Å². The van der Waals surface area contributed by atoms with E-state index in [1.807, 2.05) is 6.92 Å². The molecule has 23 heavy (non-hydrogen) atoms. The number of nitrogens with one attached hydrogen (secondary N) is 2. The quantitative estimate of drug-likeness (QED) is 0.849. The minimum absolute atomic E-state index is 0.170. The molecule has 7 nitrogen and oxygen atoms in total. The average Bonchev–Trinajstić information content (AvgIpc) is 2.51. The van der Waals surface area contributed by atoms with Crippen LogP contribution in [-0.4, -0.2) is 30.5 Å². The fourth-order valence-corrected chi connectivity index (χ4v) is 2.74. The van der Waals surface area contributed by atoms with Crippen LogP contribution in [0.4, 0.5) is 0 Å². The van der Waals surface area contributed by atoms with Gasteiger partial charge in [0.15, 0.2) is 9.84 Å². The van der Waals surface area contributed by atoms with Crippen molar-refractivity contribution in [2.45, 2.75) is 24.4 Å². The molecule has 122 valence electrons. The number of sulfone groups is 1. The van der Waals surface area contributed by atoms with E-state index in [1.54, 1.807) is 12.1 Å². The number of pyridine rings is 2. The van der Waals surface area contributed by atoms with Gasteiger partial charge in [0.2, 0.25) is 5.56 Å². The fourth-order valence-electron chi connectivity index (χ4n) is 2.10. The van der Waals surface area contributed by atoms with E-state index >= 15 is 0 Å². The van der Waals surface area contributed by atoms with Gasteiger partial charge in [0, 0.05) is 30.3 Å². The number of nitrogens with zero attached hydrogens (tertiary/aromatic N) is 1. The van der Waals surface area contributed by atoms with Gasteiger partial charge in [-0.15, -0.1) is 0 Å². The van der Waals surface area contributed by atoms with Crippen molar-refractivity contribution in [1.82, 2.24) is 15.3 Å². The number of carbonyl (C=O) groups excluding carboxylic acids is 1. The van der Waals surface area contributed by atoms with Gasteiger partial charge in [-0.05, 0) is 30.2 Å². The maximum absolute atomic E-state index is 12.2. The van der Waals surface area contributed by atoms with E-state index in [2.05, 4.69) is 15.3 Å². The first kappa shape index (κ1) is 16.9. The maximum atomic E-state index is 12.2. The lowest BCUT2D eigenvalue weighted by Gasteiger charge is -2.18. The molecule has 0 aliphatic rings. The standard InChI is InChI=1S/C15H17N3O4S/c1-3-12(17-15(20)10-4-6-16-7-5-10)11-8-13(19)18-14(9-11)23(2,21)22/h4-9,12H,3H2,1-2H3,(H,17,20)(H,18,19)/t12-/m0/s1. The van der Waals surface area contributed by atoms with Gasteiger partial charge in [-0.1, -0.05) is 6.92 Å². The molecule has 0 unspecified atom stereocenters. The number of H-pyrrole nitrogens is 1. The molecule has 2 heterocycles. The Morgan fingerprint density at radius 2 is 1.96 bits per heavy atom. The minimum Gasteiger partial charge on any atom is -0.345 e. The first-order valence-electron chi connectivity index (χ1n) is 6.96. The highest BCUT2D eigenvalue weighted by Crippen LogP contribution is 2.18. The van der Waals surface area contributed by atoms with E-state index in [1.165, 1.54) is 24.5 Å². The second-order valence-corrected chi connectivity index (χ2v) is 7.07. The Morgan fingerprint density at radius 1 is 1.30 bits per heavy atom. The normalized spacial score (nSPS) is 12.6. The number of amides is 1. The molecule has 1 amide bonds. The maximum Gasteiger partial charge on any atom is 0.251 e. The molecule has 8 heteroatoms. The Morgan fingerprint density at radius 3 is 2.52 bits per heavy atom. The molecule has 2 aromatic heterocycles. The summed E-state index contributed by atoms with van der Waals surface area (Å²) in [6.45, 7) is 1.83. The van der Waals surface area contributed by atoms with Crippen LogP contribution in [-0.2, 0) is 9.84 Å². The van der Waals surface area contributed by atoms with Crippen molar-refractivity contribution in [2.75, 3.05) is 6.26 Å². The summed E-state index contributed by atoms with van der Waals surface area (Å²) < 4.78 is 23.3. The summed E-state index contributed by atoms with van der Waals surface area (Å²) in [5, 5.41) is 2.62. The second kappa shape index (κ2) is 6.74. The molecule has 0 aromatic carbocycles. The minimum atomic E-state index is -3.55. The third-order valence-electron chi connectivity index (χ3n) is 3.30. The van der Waals surface area contributed by atoms with Gasteiger partial charge in [-0.25, -0.2) is 8.42 Å². The highest BCUT2D eigenvalue weighted by molar-refractivity contribution is 7.90. The van der Waals surface area contributed by atoms with Gasteiger partial charge in [0.05, 0.1) is 6.04 Å². The Labute approximate surface area is 133 Å². The molecular formula is C15H17N3O4S. The Hall–Kier alpha value is -2.48. The molecule has 2 rings (SSSR count). The van der Waals surface area contributed by atoms with Gasteiger partial charge in [-0.3, -0.25) is 14.6 Å². The zero-order valence-electron chi connectivity index (χ0n) is 12.7. The first-order valence-corrected chi connectivity index (χ1v) is 8.85. The summed E-state index contributed by atoms with van der Waals surface area (Å²) >= 11 is 0. The summed E-state index contributed by atoms with van der Waals surface area (Å²) in [6.07, 6.45) is 4.53. The predicted molar refractivity (Wildman–Crippen MR) is 84.9 cm³/mol. The van der Waals surface area contributed by atoms with Gasteiger partial charge < -0.3 is 10.3 Å². The lowest BCUT2D eigenvalue weighted by atomic mass is 10.1. The fraction of sp³-hybridized carbons (Fsp3) is 0.267. The second-order valence-electron chi connectivity index (χ2n) is 5.08. The largest absolute Gasteiger partial charge is 0.345 e. The molecule has 0 aliphatic carbocycles. The van der Waals surface area contributed by atoms with Crippen molar-refractivity contribution in [3.8, 4) is 0 Å². The molecule has 0 radical (unpaired) electrons. The number of rotatable bonds is 5. The van der Waals surface area contributed by atoms with E-state index in [4.69, 9.17) is 0 Å². The van der Waals surface area contributed by atoms with Crippen LogP contribution in [0.1, 0.15) is 35.3 Å². The van der Waals surface area contributed by atoms with E-state index in [9.17, 15) is 18.0 Å². The molecule has 0 saturated heterocycles. The Balaban J connectivity index is 2.33. The molecule has 0 bridgehead atoms. The monoisotopic (exact) mass is 335 g/mol. The summed E-state index contributed by atoms with van der Waals surface area (Å²) in [5.74, 6) is -0.319. The van der Waals surface area contributed by atoms with Crippen molar-refractivity contribution in [2.24, 2.45) is 0 Å². The van der Waals surface area contributed by atoms with E-state index < -0.39 is 21.4 Å². The third-order valence-corrected chi connectivity index (χ3v) is 4.32. The first-order chi connectivity index (χ1) is 10.8. The molecule has 2 aromatic rings. The number of hydrogen-bond donors (Lipinski definition) is 2. The number of carbonyl (C=O) groups is 1. The smallest absolute Gasteiger partial charge is 0.251 e. The Bertz CT molecular complexity index is 860. The molecular weight excluding hydrogens is 318 g/mol. The SMILES string of the molecule is CC[C@H](NC(=O)c1ccncc1)c1cc(S(C)(=O)=O)[nH]c(=O)c1. The van der Waals surface area contributed by atoms with Gasteiger partial charge in [0.1, 0.15) is 5.03 Å². The molecule has 0 saturated carbocycles. The van der Waals surface area contributed by atoms with Crippen LogP contribution in [0.5, 0.6) is 0 Å². The topological polar surface area (TPSA) is 109 Å². The average molecular weight is 335 g/mol. The lowest BCUT2D eigenvalue weighted by Crippen LogP contribution is -2.29. The van der Waals surface area contributed by atoms with E-state index in [0.29, 0.717) is 17.5 Å². The zero-order chi connectivity index (χ0) is 17.0. The van der Waals surface area contributed by atoms with Crippen molar-refractivity contribution in [3.63, 3.8) is 0 Å². The van der Waals surface area contributed by atoms with Crippen LogP contribution < -0.4 is 10.9 Å². The van der Waals surface area contributed by atoms with Gasteiger partial charge in [0.25, 0.3) is 5.91 Å². The number of aromatic amines is 1. The van der Waals surface area contributed by atoms with Crippen molar-refractivity contribution in [1.29, 1.82) is 0 Å². The summed E-state index contributed by atoms with van der Waals surface area (Å²) in [7, 11) is -3.55. The van der Waals surface area contributed by atoms with Crippen LogP contribution in [0, 0.1) is 0 Å². The lowest BCUT2D eigenvalue weighted by molar-refractivity contribution is 0.0935. The number of hydrogen-bond acceptors (Lipinski definition) is 5. The van der Waals surface area contributed by atoms with Crippen molar-refractivity contribution in [3.05, 3.63) is 58.1 Å². The van der Waals surface area contributed by atoms with Crippen LogP contribution in [0.3, 0.4) is 0 Å². The van der Waals surface area contributed by atoms with Crippen LogP contribution in [0.25, 0.3) is 0 Å². The number of aromatic nitrogens is 2. The van der Waals surface area contributed by atoms with Gasteiger partial charge >= 0.3 is 0 Å². The van der Waals surface area contributed by atoms with Gasteiger partial charge in [-0.2, -0.15) is 0 Å². The molecule has 1 atom stereocenters. The summed E-state index contributed by atoms with van der Waals surface area (Å²) in [4.78, 5) is 30.0. The summed E-state index contributed by atoms with van der Waals surface area (Å²) in [6, 6.07) is 5.33. The zero-order valence-corrected chi connectivity index (χ0v) is 13.6. The summed E-state index contributed by atoms with van der Waals surface area (Å²) in [5.41, 5.74) is 0.352. The molecule has 0 aliphatic heterocycles. The highest BCUT2D eigenvalue weighted by Gasteiger charge is 2.17. The van der Waals surface area contributed by atoms with Crippen LogP contribution in [0.2, 0.25) is 0 Å². The molecule has 0 fully saturated rings. The van der Waals surface area contributed by atoms with Crippen molar-refractivity contribution < 1.29 is 13.2 Å². The highest BCUT2D eigenvalue weighted by atomic mass is 32.2. The van der Waals surface area contributed by atoms with E-state index in [-0.39, 0.29) is 10.9 Å². The Kier molecular flexibility index (Phi) is 4.95. The van der Waals surface area contributed by atoms with E-state index in [0.717, 1.165) is 6.26 Å². The molecule has 0 spiro atoms. The third kappa shape index (κ3) is 4.26. The molecule has 2 N–H and O–H groups in total.